The Labute approximate surface area is 60.4 Å². The van der Waals surface area contributed by atoms with Crippen molar-refractivity contribution in [2.75, 3.05) is 0 Å². The minimum Gasteiger partial charge on any atom is -0.401 e. The van der Waals surface area contributed by atoms with Crippen molar-refractivity contribution >= 4 is 5.78 Å². The second-order valence-electron chi connectivity index (χ2n) is 3.06. The Bertz CT molecular complexity index is 223. The molecule has 0 aromatic rings. The molecule has 0 aromatic heterocycles. The quantitative estimate of drug-likeness (QED) is 0.541. The van der Waals surface area contributed by atoms with Gasteiger partial charge in [-0.1, -0.05) is 19.9 Å². The molecule has 0 bridgehead atoms. The van der Waals surface area contributed by atoms with E-state index in [2.05, 4.69) is 0 Å². The zero-order valence-corrected chi connectivity index (χ0v) is 6.22. The smallest absolute Gasteiger partial charge is 0.180 e. The van der Waals surface area contributed by atoms with Crippen LogP contribution in [-0.4, -0.2) is 5.78 Å². The summed E-state index contributed by atoms with van der Waals surface area (Å²) in [6.45, 7) is 3.95. The number of rotatable bonds is 0. The van der Waals surface area contributed by atoms with E-state index in [1.165, 1.54) is 6.08 Å². The molecule has 10 heavy (non-hydrogen) atoms. The van der Waals surface area contributed by atoms with E-state index in [1.807, 2.05) is 19.9 Å². The third-order valence-corrected chi connectivity index (χ3v) is 1.71. The van der Waals surface area contributed by atoms with Gasteiger partial charge in [-0.15, -0.1) is 0 Å². The van der Waals surface area contributed by atoms with E-state index in [-0.39, 0.29) is 11.2 Å². The SMILES string of the molecule is CC1(C)C=CC(=O)C=C1N. The third kappa shape index (κ3) is 1.10. The number of allylic oxidation sites excluding steroid dienone is 3. The maximum atomic E-state index is 10.7. The number of hydrogen-bond donors (Lipinski definition) is 1. The molecule has 1 rings (SSSR count). The number of hydrogen-bond acceptors (Lipinski definition) is 2. The molecule has 2 N–H and O–H groups in total. The van der Waals surface area contributed by atoms with Gasteiger partial charge in [-0.2, -0.15) is 0 Å². The van der Waals surface area contributed by atoms with E-state index < -0.39 is 0 Å². The number of ketones is 1. The Kier molecular flexibility index (Phi) is 1.39. The number of carbonyl (C=O) groups is 1. The Morgan fingerprint density at radius 1 is 1.50 bits per heavy atom. The van der Waals surface area contributed by atoms with Crippen molar-refractivity contribution < 1.29 is 4.79 Å². The van der Waals surface area contributed by atoms with Crippen LogP contribution in [0.2, 0.25) is 0 Å². The summed E-state index contributed by atoms with van der Waals surface area (Å²) in [6, 6.07) is 0. The van der Waals surface area contributed by atoms with Crippen molar-refractivity contribution in [3.05, 3.63) is 23.9 Å². The number of nitrogens with two attached hydrogens (primary N) is 1. The summed E-state index contributed by atoms with van der Waals surface area (Å²) in [7, 11) is 0. The van der Waals surface area contributed by atoms with E-state index in [1.54, 1.807) is 6.08 Å². The standard InChI is InChI=1S/C8H11NO/c1-8(2)4-3-6(10)5-7(8)9/h3-5H,9H2,1-2H3. The molecular formula is C8H11NO. The van der Waals surface area contributed by atoms with Crippen LogP contribution in [0, 0.1) is 5.41 Å². The minimum atomic E-state index is -0.145. The van der Waals surface area contributed by atoms with Gasteiger partial charge in [0.15, 0.2) is 5.78 Å². The molecule has 0 amide bonds. The fourth-order valence-corrected chi connectivity index (χ4v) is 0.774. The molecule has 0 saturated carbocycles. The highest BCUT2D eigenvalue weighted by atomic mass is 16.1. The molecular weight excluding hydrogens is 126 g/mol. The van der Waals surface area contributed by atoms with E-state index in [9.17, 15) is 4.79 Å². The maximum absolute atomic E-state index is 10.7. The molecule has 2 nitrogen and oxygen atoms in total. The predicted molar refractivity (Wildman–Crippen MR) is 40.2 cm³/mol. The largest absolute Gasteiger partial charge is 0.401 e. The Morgan fingerprint density at radius 2 is 2.10 bits per heavy atom. The fraction of sp³-hybridized carbons (Fsp3) is 0.375. The maximum Gasteiger partial charge on any atom is 0.180 e. The average molecular weight is 137 g/mol. The first-order valence-corrected chi connectivity index (χ1v) is 3.23. The Balaban J connectivity index is 2.97. The van der Waals surface area contributed by atoms with Gasteiger partial charge in [0, 0.05) is 17.2 Å². The van der Waals surface area contributed by atoms with E-state index in [0.717, 1.165) is 0 Å². The van der Waals surface area contributed by atoms with Crippen LogP contribution in [-0.2, 0) is 4.79 Å². The van der Waals surface area contributed by atoms with Crippen LogP contribution in [0.3, 0.4) is 0 Å². The highest BCUT2D eigenvalue weighted by Crippen LogP contribution is 2.26. The van der Waals surface area contributed by atoms with Gasteiger partial charge in [0.2, 0.25) is 0 Å². The van der Waals surface area contributed by atoms with E-state index >= 15 is 0 Å². The molecule has 1 aliphatic rings. The first-order chi connectivity index (χ1) is 4.52. The van der Waals surface area contributed by atoms with Gasteiger partial charge < -0.3 is 5.73 Å². The average Bonchev–Trinajstić information content (AvgIpc) is 1.81. The van der Waals surface area contributed by atoms with Crippen molar-refractivity contribution in [3.63, 3.8) is 0 Å². The second kappa shape index (κ2) is 1.97. The zero-order chi connectivity index (χ0) is 7.78. The fourth-order valence-electron chi connectivity index (χ4n) is 0.774. The van der Waals surface area contributed by atoms with Crippen LogP contribution in [0.15, 0.2) is 23.9 Å². The van der Waals surface area contributed by atoms with Crippen LogP contribution in [0.5, 0.6) is 0 Å². The molecule has 1 aliphatic carbocycles. The van der Waals surface area contributed by atoms with Crippen LogP contribution in [0.25, 0.3) is 0 Å². The monoisotopic (exact) mass is 137 g/mol. The lowest BCUT2D eigenvalue weighted by Gasteiger charge is -2.22. The van der Waals surface area contributed by atoms with Gasteiger partial charge in [-0.25, -0.2) is 0 Å². The molecule has 0 heterocycles. The van der Waals surface area contributed by atoms with Gasteiger partial charge in [-0.3, -0.25) is 4.79 Å². The Hall–Kier alpha value is -1.05. The Morgan fingerprint density at radius 3 is 2.50 bits per heavy atom. The highest BCUT2D eigenvalue weighted by Gasteiger charge is 2.21. The molecule has 0 fully saturated rings. The lowest BCUT2D eigenvalue weighted by atomic mass is 9.85. The summed E-state index contributed by atoms with van der Waals surface area (Å²) >= 11 is 0. The lowest BCUT2D eigenvalue weighted by Crippen LogP contribution is -2.22. The molecule has 0 aromatic carbocycles. The normalized spacial score (nSPS) is 22.6. The molecule has 0 aliphatic heterocycles. The molecule has 54 valence electrons. The van der Waals surface area contributed by atoms with Gasteiger partial charge >= 0.3 is 0 Å². The molecule has 0 radical (unpaired) electrons. The van der Waals surface area contributed by atoms with Crippen molar-refractivity contribution in [1.82, 2.24) is 0 Å². The summed E-state index contributed by atoms with van der Waals surface area (Å²) in [6.07, 6.45) is 4.85. The van der Waals surface area contributed by atoms with Gasteiger partial charge in [0.25, 0.3) is 0 Å². The first-order valence-electron chi connectivity index (χ1n) is 3.23. The topological polar surface area (TPSA) is 43.1 Å². The van der Waals surface area contributed by atoms with Crippen LogP contribution >= 0.6 is 0 Å². The summed E-state index contributed by atoms with van der Waals surface area (Å²) < 4.78 is 0. The van der Waals surface area contributed by atoms with Gasteiger partial charge in [-0.05, 0) is 6.08 Å². The minimum absolute atomic E-state index is 0.0168. The van der Waals surface area contributed by atoms with Gasteiger partial charge in [0.1, 0.15) is 0 Å². The molecule has 0 unspecified atom stereocenters. The lowest BCUT2D eigenvalue weighted by molar-refractivity contribution is -0.110. The summed E-state index contributed by atoms with van der Waals surface area (Å²) in [4.78, 5) is 10.7. The summed E-state index contributed by atoms with van der Waals surface area (Å²) in [5.74, 6) is -0.0168. The summed E-state index contributed by atoms with van der Waals surface area (Å²) in [5.41, 5.74) is 6.09. The molecule has 0 spiro atoms. The highest BCUT2D eigenvalue weighted by molar-refractivity contribution is 6.00. The second-order valence-corrected chi connectivity index (χ2v) is 3.06. The van der Waals surface area contributed by atoms with Crippen LogP contribution in [0.4, 0.5) is 0 Å². The molecule has 0 atom stereocenters. The summed E-state index contributed by atoms with van der Waals surface area (Å²) in [5, 5.41) is 0. The van der Waals surface area contributed by atoms with Crippen molar-refractivity contribution in [2.24, 2.45) is 11.1 Å². The third-order valence-electron chi connectivity index (χ3n) is 1.71. The van der Waals surface area contributed by atoms with E-state index in [4.69, 9.17) is 5.73 Å². The first kappa shape index (κ1) is 7.06. The van der Waals surface area contributed by atoms with Gasteiger partial charge in [0.05, 0.1) is 0 Å². The van der Waals surface area contributed by atoms with Crippen LogP contribution in [0.1, 0.15) is 13.8 Å². The molecule has 2 heteroatoms. The zero-order valence-electron chi connectivity index (χ0n) is 6.22. The molecule has 0 saturated heterocycles. The van der Waals surface area contributed by atoms with E-state index in [0.29, 0.717) is 5.70 Å². The van der Waals surface area contributed by atoms with Crippen LogP contribution < -0.4 is 5.73 Å². The number of carbonyl (C=O) groups excluding carboxylic acids is 1. The predicted octanol–water partition coefficient (Wildman–Crippen LogP) is 0.994. The van der Waals surface area contributed by atoms with Crippen molar-refractivity contribution in [3.8, 4) is 0 Å². The van der Waals surface area contributed by atoms with Crippen molar-refractivity contribution in [2.45, 2.75) is 13.8 Å². The van der Waals surface area contributed by atoms with Crippen molar-refractivity contribution in [1.29, 1.82) is 0 Å².